The van der Waals surface area contributed by atoms with Crippen LogP contribution in [0, 0.1) is 5.92 Å². The Hall–Kier alpha value is -3.45. The minimum Gasteiger partial charge on any atom is -0.462 e. The van der Waals surface area contributed by atoms with Gasteiger partial charge in [0.15, 0.2) is 0 Å². The highest BCUT2D eigenvalue weighted by atomic mass is 32.1. The Morgan fingerprint density at radius 2 is 1.94 bits per heavy atom. The van der Waals surface area contributed by atoms with E-state index in [-0.39, 0.29) is 12.5 Å². The molecule has 1 aromatic heterocycles. The van der Waals surface area contributed by atoms with Gasteiger partial charge in [-0.05, 0) is 67.0 Å². The first-order chi connectivity index (χ1) is 16.9. The van der Waals surface area contributed by atoms with Gasteiger partial charge in [0.05, 0.1) is 17.7 Å². The fourth-order valence-electron chi connectivity index (χ4n) is 4.82. The number of fused-ring (bicyclic) bond motifs is 2. The third-order valence-electron chi connectivity index (χ3n) is 6.63. The largest absolute Gasteiger partial charge is 0.462 e. The van der Waals surface area contributed by atoms with Gasteiger partial charge in [-0.25, -0.2) is 9.59 Å². The third kappa shape index (κ3) is 4.60. The van der Waals surface area contributed by atoms with Crippen molar-refractivity contribution in [3.8, 4) is 0 Å². The van der Waals surface area contributed by atoms with Crippen LogP contribution < -0.4 is 5.32 Å². The second-order valence-electron chi connectivity index (χ2n) is 9.11. The molecule has 0 unspecified atom stereocenters. The van der Waals surface area contributed by atoms with Crippen LogP contribution in [0.5, 0.6) is 0 Å². The Morgan fingerprint density at radius 3 is 2.71 bits per heavy atom. The molecule has 1 N–H and O–H groups in total. The summed E-state index contributed by atoms with van der Waals surface area (Å²) >= 11 is 1.46. The van der Waals surface area contributed by atoms with Gasteiger partial charge in [0, 0.05) is 16.9 Å². The van der Waals surface area contributed by atoms with Crippen molar-refractivity contribution in [3.05, 3.63) is 86.8 Å². The predicted molar refractivity (Wildman–Crippen MR) is 134 cm³/mol. The number of esters is 2. The molecule has 0 saturated heterocycles. The maximum Gasteiger partial charge on any atom is 0.341 e. The van der Waals surface area contributed by atoms with Gasteiger partial charge in [-0.3, -0.25) is 4.79 Å². The van der Waals surface area contributed by atoms with Crippen molar-refractivity contribution in [3.63, 3.8) is 0 Å². The molecule has 0 saturated carbocycles. The summed E-state index contributed by atoms with van der Waals surface area (Å²) in [5, 5.41) is 3.50. The van der Waals surface area contributed by atoms with E-state index in [0.717, 1.165) is 40.8 Å². The molecule has 0 fully saturated rings. The number of nitrogens with one attached hydrogen (secondary N) is 1. The average Bonchev–Trinajstić information content (AvgIpc) is 3.21. The summed E-state index contributed by atoms with van der Waals surface area (Å²) in [6.07, 6.45) is 2.80. The first-order valence-electron chi connectivity index (χ1n) is 12.0. The van der Waals surface area contributed by atoms with E-state index in [2.05, 4.69) is 12.2 Å². The lowest BCUT2D eigenvalue weighted by Gasteiger charge is -2.25. The van der Waals surface area contributed by atoms with Gasteiger partial charge in [0.1, 0.15) is 11.1 Å². The molecule has 0 bridgehead atoms. The van der Waals surface area contributed by atoms with Crippen LogP contribution in [0.25, 0.3) is 0 Å². The van der Waals surface area contributed by atoms with Crippen LogP contribution in [0.1, 0.15) is 79.0 Å². The molecule has 2 aromatic carbocycles. The van der Waals surface area contributed by atoms with Gasteiger partial charge in [0.2, 0.25) is 0 Å². The summed E-state index contributed by atoms with van der Waals surface area (Å²) in [6, 6.07) is 14.6. The smallest absolute Gasteiger partial charge is 0.341 e. The lowest BCUT2D eigenvalue weighted by molar-refractivity contribution is 0.0252. The maximum atomic E-state index is 13.3. The van der Waals surface area contributed by atoms with Crippen molar-refractivity contribution >= 4 is 34.2 Å². The topological polar surface area (TPSA) is 81.7 Å². The van der Waals surface area contributed by atoms with E-state index < -0.39 is 18.0 Å². The Kier molecular flexibility index (Phi) is 6.43. The SMILES string of the molecule is CCOC(=O)c1c(NC(=O)c2ccc3c(c2)C[C@@H](c2ccccc2)OC3=O)sc2c1CC[C@@H](C)C2. The van der Waals surface area contributed by atoms with E-state index in [9.17, 15) is 14.4 Å². The molecular formula is C28H27NO5S. The molecule has 35 heavy (non-hydrogen) atoms. The number of carbonyl (C=O) groups excluding carboxylic acids is 3. The number of hydrogen-bond donors (Lipinski definition) is 1. The zero-order valence-corrected chi connectivity index (χ0v) is 20.6. The van der Waals surface area contributed by atoms with E-state index in [1.165, 1.54) is 11.3 Å². The van der Waals surface area contributed by atoms with E-state index in [1.54, 1.807) is 25.1 Å². The molecule has 3 aromatic rings. The van der Waals surface area contributed by atoms with Gasteiger partial charge in [-0.1, -0.05) is 37.3 Å². The Bertz CT molecular complexity index is 1300. The number of thiophene rings is 1. The Balaban J connectivity index is 1.42. The molecule has 1 aliphatic carbocycles. The van der Waals surface area contributed by atoms with Crippen LogP contribution in [-0.2, 0) is 28.7 Å². The number of amides is 1. The van der Waals surface area contributed by atoms with Gasteiger partial charge in [0.25, 0.3) is 5.91 Å². The summed E-state index contributed by atoms with van der Waals surface area (Å²) in [5.74, 6) is -0.566. The van der Waals surface area contributed by atoms with Crippen LogP contribution >= 0.6 is 11.3 Å². The molecule has 1 amide bonds. The molecule has 180 valence electrons. The average molecular weight is 490 g/mol. The number of anilines is 1. The van der Waals surface area contributed by atoms with Crippen molar-refractivity contribution in [2.75, 3.05) is 11.9 Å². The van der Waals surface area contributed by atoms with Gasteiger partial charge >= 0.3 is 11.9 Å². The van der Waals surface area contributed by atoms with Crippen LogP contribution in [0.4, 0.5) is 5.00 Å². The highest BCUT2D eigenvalue weighted by Gasteiger charge is 2.31. The Labute approximate surface area is 208 Å². The molecule has 7 heteroatoms. The number of cyclic esters (lactones) is 1. The highest BCUT2D eigenvalue weighted by molar-refractivity contribution is 7.17. The first-order valence-corrected chi connectivity index (χ1v) is 12.8. The number of hydrogen-bond acceptors (Lipinski definition) is 6. The molecule has 2 atom stereocenters. The lowest BCUT2D eigenvalue weighted by Crippen LogP contribution is -2.23. The molecule has 5 rings (SSSR count). The molecule has 0 radical (unpaired) electrons. The van der Waals surface area contributed by atoms with Gasteiger partial charge in [-0.15, -0.1) is 11.3 Å². The Morgan fingerprint density at radius 1 is 1.14 bits per heavy atom. The van der Waals surface area contributed by atoms with Crippen molar-refractivity contribution in [1.82, 2.24) is 0 Å². The van der Waals surface area contributed by atoms with Crippen LogP contribution in [-0.4, -0.2) is 24.5 Å². The normalized spacial score (nSPS) is 18.7. The standard InChI is InChI=1S/C28H27NO5S/c1-3-33-28(32)24-21-11-9-16(2)13-23(21)35-26(24)29-25(30)18-10-12-20-19(14-18)15-22(34-27(20)31)17-7-5-4-6-8-17/h4-8,10,12,14,16,22H,3,9,11,13,15H2,1-2H3,(H,29,30)/t16-,22+/m1/s1. The molecule has 1 aliphatic heterocycles. The van der Waals surface area contributed by atoms with Crippen molar-refractivity contribution in [1.29, 1.82) is 0 Å². The van der Waals surface area contributed by atoms with Crippen molar-refractivity contribution in [2.45, 2.75) is 45.6 Å². The van der Waals surface area contributed by atoms with E-state index >= 15 is 0 Å². The number of rotatable bonds is 5. The lowest BCUT2D eigenvalue weighted by atomic mass is 9.88. The van der Waals surface area contributed by atoms with E-state index in [0.29, 0.717) is 34.0 Å². The van der Waals surface area contributed by atoms with Crippen LogP contribution in [0.3, 0.4) is 0 Å². The minimum atomic E-state index is -0.395. The summed E-state index contributed by atoms with van der Waals surface area (Å²) in [7, 11) is 0. The van der Waals surface area contributed by atoms with Crippen molar-refractivity contribution in [2.24, 2.45) is 5.92 Å². The predicted octanol–water partition coefficient (Wildman–Crippen LogP) is 5.76. The molecular weight excluding hydrogens is 462 g/mol. The van der Waals surface area contributed by atoms with Gasteiger partial charge in [-0.2, -0.15) is 0 Å². The fourth-order valence-corrected chi connectivity index (χ4v) is 6.22. The highest BCUT2D eigenvalue weighted by Crippen LogP contribution is 2.40. The summed E-state index contributed by atoms with van der Waals surface area (Å²) < 4.78 is 10.9. The monoisotopic (exact) mass is 489 g/mol. The summed E-state index contributed by atoms with van der Waals surface area (Å²) in [4.78, 5) is 39.8. The zero-order valence-electron chi connectivity index (χ0n) is 19.8. The maximum absolute atomic E-state index is 13.3. The molecule has 2 aliphatic rings. The molecule has 0 spiro atoms. The second-order valence-corrected chi connectivity index (χ2v) is 10.2. The molecule has 2 heterocycles. The fraction of sp³-hybridized carbons (Fsp3) is 0.321. The van der Waals surface area contributed by atoms with Crippen molar-refractivity contribution < 1.29 is 23.9 Å². The molecule has 6 nitrogen and oxygen atoms in total. The summed E-state index contributed by atoms with van der Waals surface area (Å²) in [6.45, 7) is 4.25. The van der Waals surface area contributed by atoms with Crippen LogP contribution in [0.2, 0.25) is 0 Å². The van der Waals surface area contributed by atoms with E-state index in [1.807, 2.05) is 30.3 Å². The quantitative estimate of drug-likeness (QED) is 0.461. The number of ether oxygens (including phenoxy) is 2. The second kappa shape index (κ2) is 9.66. The van der Waals surface area contributed by atoms with Crippen LogP contribution in [0.15, 0.2) is 48.5 Å². The van der Waals surface area contributed by atoms with Gasteiger partial charge < -0.3 is 14.8 Å². The number of carbonyl (C=O) groups is 3. The number of benzene rings is 2. The zero-order chi connectivity index (χ0) is 24.5. The van der Waals surface area contributed by atoms with E-state index in [4.69, 9.17) is 9.47 Å². The first kappa shape index (κ1) is 23.3. The summed E-state index contributed by atoms with van der Waals surface area (Å²) in [5.41, 5.74) is 4.08. The third-order valence-corrected chi connectivity index (χ3v) is 7.80. The minimum absolute atomic E-state index is 0.275.